The SMILES string of the molecule is CC(C)CC[C@@H]1C[C@H]2C(CCCC1(C)C)CC[C@H]1OC[C@H]12. The van der Waals surface area contributed by atoms with Crippen LogP contribution in [0.2, 0.25) is 0 Å². The van der Waals surface area contributed by atoms with Gasteiger partial charge < -0.3 is 4.74 Å². The molecule has 0 aromatic rings. The molecular formula is C20H36O. The first-order valence-electron chi connectivity index (χ1n) is 9.59. The lowest BCUT2D eigenvalue weighted by Crippen LogP contribution is -2.51. The normalized spacial score (nSPS) is 42.4. The summed E-state index contributed by atoms with van der Waals surface area (Å²) in [6.07, 6.45) is 12.2. The van der Waals surface area contributed by atoms with Crippen molar-refractivity contribution >= 4 is 0 Å². The fraction of sp³-hybridized carbons (Fsp3) is 1.00. The summed E-state index contributed by atoms with van der Waals surface area (Å²) in [7, 11) is 0. The molecule has 1 unspecified atom stereocenters. The first kappa shape index (κ1) is 15.8. The zero-order valence-corrected chi connectivity index (χ0v) is 14.7. The molecule has 0 radical (unpaired) electrons. The van der Waals surface area contributed by atoms with Crippen molar-refractivity contribution in [2.75, 3.05) is 6.61 Å². The molecule has 3 fully saturated rings. The highest BCUT2D eigenvalue weighted by Crippen LogP contribution is 2.52. The fourth-order valence-electron chi connectivity index (χ4n) is 5.42. The Morgan fingerprint density at radius 2 is 1.90 bits per heavy atom. The summed E-state index contributed by atoms with van der Waals surface area (Å²) < 4.78 is 5.84. The van der Waals surface area contributed by atoms with Crippen LogP contribution in [0.15, 0.2) is 0 Å². The molecular weight excluding hydrogens is 256 g/mol. The summed E-state index contributed by atoms with van der Waals surface area (Å²) in [6.45, 7) is 10.9. The minimum Gasteiger partial charge on any atom is -0.377 e. The third kappa shape index (κ3) is 3.33. The van der Waals surface area contributed by atoms with Crippen LogP contribution in [0.5, 0.6) is 0 Å². The Balaban J connectivity index is 1.72. The van der Waals surface area contributed by atoms with Crippen molar-refractivity contribution in [1.82, 2.24) is 0 Å². The van der Waals surface area contributed by atoms with Crippen LogP contribution < -0.4 is 0 Å². The molecule has 3 rings (SSSR count). The molecule has 2 aliphatic carbocycles. The molecule has 1 nitrogen and oxygen atoms in total. The maximum atomic E-state index is 5.84. The van der Waals surface area contributed by atoms with E-state index in [1.807, 2.05) is 0 Å². The van der Waals surface area contributed by atoms with Gasteiger partial charge in [-0.25, -0.2) is 0 Å². The molecule has 3 aliphatic rings. The predicted octanol–water partition coefficient (Wildman–Crippen LogP) is 5.68. The van der Waals surface area contributed by atoms with Gasteiger partial charge in [0, 0.05) is 5.92 Å². The number of fused-ring (bicyclic) bond motifs is 3. The van der Waals surface area contributed by atoms with Crippen LogP contribution in [-0.2, 0) is 4.74 Å². The molecule has 0 bridgehead atoms. The second-order valence-corrected chi connectivity index (χ2v) is 9.32. The molecule has 1 saturated heterocycles. The van der Waals surface area contributed by atoms with Gasteiger partial charge in [0.15, 0.2) is 0 Å². The Morgan fingerprint density at radius 1 is 1.10 bits per heavy atom. The van der Waals surface area contributed by atoms with Crippen LogP contribution in [0, 0.1) is 35.0 Å². The van der Waals surface area contributed by atoms with Gasteiger partial charge in [0.2, 0.25) is 0 Å². The van der Waals surface area contributed by atoms with Gasteiger partial charge in [0.05, 0.1) is 12.7 Å². The number of hydrogen-bond acceptors (Lipinski definition) is 1. The molecule has 0 amide bonds. The van der Waals surface area contributed by atoms with E-state index < -0.39 is 0 Å². The minimum absolute atomic E-state index is 0.553. The molecule has 21 heavy (non-hydrogen) atoms. The second-order valence-electron chi connectivity index (χ2n) is 9.32. The van der Waals surface area contributed by atoms with E-state index in [9.17, 15) is 0 Å². The van der Waals surface area contributed by atoms with Crippen molar-refractivity contribution in [1.29, 1.82) is 0 Å². The van der Waals surface area contributed by atoms with Crippen molar-refractivity contribution < 1.29 is 4.74 Å². The van der Waals surface area contributed by atoms with Gasteiger partial charge in [0.1, 0.15) is 0 Å². The zero-order chi connectivity index (χ0) is 15.0. The largest absolute Gasteiger partial charge is 0.377 e. The van der Waals surface area contributed by atoms with E-state index in [0.717, 1.165) is 36.2 Å². The standard InChI is InChI=1S/C20H36O/c1-14(2)7-9-16-12-17-15(6-5-11-20(16,3)4)8-10-19-18(17)13-21-19/h14-19H,5-13H2,1-4H3/t15?,16-,17+,18+,19-/m1/s1. The third-order valence-electron chi connectivity index (χ3n) is 7.11. The topological polar surface area (TPSA) is 9.23 Å². The van der Waals surface area contributed by atoms with Crippen LogP contribution in [0.3, 0.4) is 0 Å². The molecule has 1 heteroatoms. The molecule has 1 heterocycles. The molecule has 2 saturated carbocycles. The summed E-state index contributed by atoms with van der Waals surface area (Å²) >= 11 is 0. The van der Waals surface area contributed by atoms with Crippen LogP contribution in [0.4, 0.5) is 0 Å². The highest BCUT2D eigenvalue weighted by atomic mass is 16.5. The maximum Gasteiger partial charge on any atom is 0.0628 e. The molecule has 122 valence electrons. The van der Waals surface area contributed by atoms with Crippen LogP contribution >= 0.6 is 0 Å². The number of hydrogen-bond donors (Lipinski definition) is 0. The lowest BCUT2D eigenvalue weighted by Gasteiger charge is -2.53. The van der Waals surface area contributed by atoms with E-state index >= 15 is 0 Å². The Hall–Kier alpha value is -0.0400. The average molecular weight is 293 g/mol. The molecule has 5 atom stereocenters. The quantitative estimate of drug-likeness (QED) is 0.650. The fourth-order valence-corrected chi connectivity index (χ4v) is 5.42. The summed E-state index contributed by atoms with van der Waals surface area (Å²) in [5, 5.41) is 0. The van der Waals surface area contributed by atoms with Crippen LogP contribution in [0.1, 0.15) is 79.1 Å². The first-order valence-corrected chi connectivity index (χ1v) is 9.59. The molecule has 0 spiro atoms. The van der Waals surface area contributed by atoms with Crippen molar-refractivity contribution in [2.45, 2.75) is 85.2 Å². The average Bonchev–Trinajstić information content (AvgIpc) is 2.36. The Morgan fingerprint density at radius 3 is 2.57 bits per heavy atom. The van der Waals surface area contributed by atoms with Gasteiger partial charge in [-0.2, -0.15) is 0 Å². The van der Waals surface area contributed by atoms with E-state index in [4.69, 9.17) is 4.74 Å². The van der Waals surface area contributed by atoms with Crippen molar-refractivity contribution in [3.8, 4) is 0 Å². The van der Waals surface area contributed by atoms with Gasteiger partial charge in [0.25, 0.3) is 0 Å². The number of rotatable bonds is 3. The number of ether oxygens (including phenoxy) is 1. The first-order chi connectivity index (χ1) is 9.97. The van der Waals surface area contributed by atoms with Gasteiger partial charge in [-0.15, -0.1) is 0 Å². The van der Waals surface area contributed by atoms with Gasteiger partial charge in [-0.05, 0) is 61.2 Å². The highest BCUT2D eigenvalue weighted by Gasteiger charge is 2.47. The second kappa shape index (κ2) is 6.22. The summed E-state index contributed by atoms with van der Waals surface area (Å²) in [5.41, 5.74) is 0.553. The Bertz CT molecular complexity index is 346. The summed E-state index contributed by atoms with van der Waals surface area (Å²) in [6, 6.07) is 0. The smallest absolute Gasteiger partial charge is 0.0628 e. The van der Waals surface area contributed by atoms with Gasteiger partial charge in [-0.3, -0.25) is 0 Å². The third-order valence-corrected chi connectivity index (χ3v) is 7.11. The van der Waals surface area contributed by atoms with Crippen LogP contribution in [0.25, 0.3) is 0 Å². The van der Waals surface area contributed by atoms with E-state index in [-0.39, 0.29) is 0 Å². The van der Waals surface area contributed by atoms with E-state index in [1.54, 1.807) is 0 Å². The lowest BCUT2D eigenvalue weighted by atomic mass is 9.58. The minimum atomic E-state index is 0.553. The van der Waals surface area contributed by atoms with Crippen molar-refractivity contribution in [2.24, 2.45) is 35.0 Å². The Labute approximate surface area is 132 Å². The maximum absolute atomic E-state index is 5.84. The Kier molecular flexibility index (Phi) is 4.69. The summed E-state index contributed by atoms with van der Waals surface area (Å²) in [4.78, 5) is 0. The zero-order valence-electron chi connectivity index (χ0n) is 14.7. The summed E-state index contributed by atoms with van der Waals surface area (Å²) in [5.74, 6) is 4.71. The molecule has 0 aromatic carbocycles. The van der Waals surface area contributed by atoms with E-state index in [0.29, 0.717) is 11.5 Å². The lowest BCUT2D eigenvalue weighted by molar-refractivity contribution is -0.179. The van der Waals surface area contributed by atoms with Gasteiger partial charge >= 0.3 is 0 Å². The molecule has 0 N–H and O–H groups in total. The highest BCUT2D eigenvalue weighted by molar-refractivity contribution is 4.96. The van der Waals surface area contributed by atoms with E-state index in [2.05, 4.69) is 27.7 Å². The predicted molar refractivity (Wildman–Crippen MR) is 89.3 cm³/mol. The molecule has 1 aliphatic heterocycles. The van der Waals surface area contributed by atoms with Gasteiger partial charge in [-0.1, -0.05) is 47.0 Å². The monoisotopic (exact) mass is 292 g/mol. The molecule has 0 aromatic heterocycles. The van der Waals surface area contributed by atoms with E-state index in [1.165, 1.54) is 51.4 Å². The van der Waals surface area contributed by atoms with Crippen molar-refractivity contribution in [3.05, 3.63) is 0 Å². The van der Waals surface area contributed by atoms with Crippen molar-refractivity contribution in [3.63, 3.8) is 0 Å². The van der Waals surface area contributed by atoms with Crippen LogP contribution in [-0.4, -0.2) is 12.7 Å².